The molecule has 2 heterocycles. The summed E-state index contributed by atoms with van der Waals surface area (Å²) in [6.45, 7) is 0. The van der Waals surface area contributed by atoms with E-state index in [-0.39, 0.29) is 23.0 Å². The number of halogens is 2. The van der Waals surface area contributed by atoms with Crippen molar-refractivity contribution in [1.29, 1.82) is 0 Å². The molecule has 108 valence electrons. The summed E-state index contributed by atoms with van der Waals surface area (Å²) in [6, 6.07) is 4.11. The predicted molar refractivity (Wildman–Crippen MR) is 64.9 cm³/mol. The van der Waals surface area contributed by atoms with Crippen LogP contribution in [0.25, 0.3) is 0 Å². The fourth-order valence-corrected chi connectivity index (χ4v) is 1.68. The second-order valence-corrected chi connectivity index (χ2v) is 4.05. The summed E-state index contributed by atoms with van der Waals surface area (Å²) in [7, 11) is 0. The number of carbonyl (C=O) groups is 1. The molecule has 21 heavy (non-hydrogen) atoms. The standard InChI is InChI=1S/C12H7F2N3O4/c13-12(14)20-8-2-1-6(3-9(8)21-12)17-10-5-15-7(4-16-10)11(18)19/h1-5H,(H,16,17)(H,18,19). The van der Waals surface area contributed by atoms with Crippen molar-refractivity contribution in [3.05, 3.63) is 36.3 Å². The van der Waals surface area contributed by atoms with Gasteiger partial charge in [0.1, 0.15) is 5.82 Å². The van der Waals surface area contributed by atoms with Gasteiger partial charge in [-0.15, -0.1) is 8.78 Å². The number of carboxylic acid groups (broad SMARTS) is 1. The number of carboxylic acids is 1. The molecule has 0 unspecified atom stereocenters. The molecule has 7 nitrogen and oxygen atoms in total. The molecule has 3 rings (SSSR count). The molecule has 2 N–H and O–H groups in total. The maximum Gasteiger partial charge on any atom is 0.586 e. The van der Waals surface area contributed by atoms with Crippen LogP contribution in [-0.2, 0) is 0 Å². The van der Waals surface area contributed by atoms with E-state index >= 15 is 0 Å². The summed E-state index contributed by atoms with van der Waals surface area (Å²) in [5.41, 5.74) is 0.207. The molecule has 0 bridgehead atoms. The van der Waals surface area contributed by atoms with E-state index in [9.17, 15) is 13.6 Å². The van der Waals surface area contributed by atoms with Crippen molar-refractivity contribution in [3.8, 4) is 11.5 Å². The van der Waals surface area contributed by atoms with E-state index in [2.05, 4.69) is 24.8 Å². The highest BCUT2D eigenvalue weighted by molar-refractivity contribution is 5.85. The molecular weight excluding hydrogens is 288 g/mol. The third-order valence-electron chi connectivity index (χ3n) is 2.54. The van der Waals surface area contributed by atoms with Crippen molar-refractivity contribution in [2.45, 2.75) is 6.29 Å². The Hall–Kier alpha value is -2.97. The third-order valence-corrected chi connectivity index (χ3v) is 2.54. The molecule has 0 radical (unpaired) electrons. The number of aromatic nitrogens is 2. The SMILES string of the molecule is O=C(O)c1cnc(Nc2ccc3c(c2)OC(F)(F)O3)cn1. The van der Waals surface area contributed by atoms with Crippen LogP contribution in [0.2, 0.25) is 0 Å². The second kappa shape index (κ2) is 4.54. The molecule has 1 aromatic carbocycles. The summed E-state index contributed by atoms with van der Waals surface area (Å²) in [5.74, 6) is -1.12. The van der Waals surface area contributed by atoms with E-state index < -0.39 is 12.3 Å². The van der Waals surface area contributed by atoms with Gasteiger partial charge in [-0.05, 0) is 12.1 Å². The molecular formula is C12H7F2N3O4. The van der Waals surface area contributed by atoms with Crippen molar-refractivity contribution in [3.63, 3.8) is 0 Å². The van der Waals surface area contributed by atoms with Gasteiger partial charge >= 0.3 is 12.3 Å². The molecule has 0 spiro atoms. The Bertz CT molecular complexity index is 706. The van der Waals surface area contributed by atoms with Crippen molar-refractivity contribution in [2.24, 2.45) is 0 Å². The lowest BCUT2D eigenvalue weighted by atomic mass is 10.3. The summed E-state index contributed by atoms with van der Waals surface area (Å²) in [5, 5.41) is 11.5. The van der Waals surface area contributed by atoms with Crippen LogP contribution in [-0.4, -0.2) is 27.3 Å². The molecule has 1 aliphatic rings. The van der Waals surface area contributed by atoms with Crippen LogP contribution in [0.4, 0.5) is 20.3 Å². The van der Waals surface area contributed by atoms with E-state index in [0.29, 0.717) is 5.69 Å². The molecule has 0 saturated carbocycles. The fourth-order valence-electron chi connectivity index (χ4n) is 1.68. The number of aromatic carboxylic acids is 1. The number of nitrogens with zero attached hydrogens (tertiary/aromatic N) is 2. The van der Waals surface area contributed by atoms with Gasteiger partial charge < -0.3 is 19.9 Å². The smallest absolute Gasteiger partial charge is 0.476 e. The monoisotopic (exact) mass is 295 g/mol. The van der Waals surface area contributed by atoms with Gasteiger partial charge in [0, 0.05) is 11.8 Å². The van der Waals surface area contributed by atoms with Gasteiger partial charge in [-0.25, -0.2) is 14.8 Å². The average molecular weight is 295 g/mol. The Morgan fingerprint density at radius 3 is 2.62 bits per heavy atom. The zero-order valence-corrected chi connectivity index (χ0v) is 10.2. The number of hydrogen-bond acceptors (Lipinski definition) is 6. The van der Waals surface area contributed by atoms with Gasteiger partial charge in [-0.2, -0.15) is 0 Å². The highest BCUT2D eigenvalue weighted by atomic mass is 19.3. The Balaban J connectivity index is 1.79. The Morgan fingerprint density at radius 1 is 1.19 bits per heavy atom. The zero-order chi connectivity index (χ0) is 15.0. The van der Waals surface area contributed by atoms with Crippen LogP contribution in [0.1, 0.15) is 10.5 Å². The normalized spacial score (nSPS) is 14.8. The van der Waals surface area contributed by atoms with Crippen molar-refractivity contribution < 1.29 is 28.2 Å². The van der Waals surface area contributed by atoms with Crippen LogP contribution >= 0.6 is 0 Å². The minimum atomic E-state index is -3.68. The van der Waals surface area contributed by atoms with E-state index in [1.807, 2.05) is 0 Å². The van der Waals surface area contributed by atoms with Gasteiger partial charge in [-0.1, -0.05) is 0 Å². The fraction of sp³-hybridized carbons (Fsp3) is 0.0833. The first kappa shape index (κ1) is 13.0. The largest absolute Gasteiger partial charge is 0.586 e. The molecule has 0 aliphatic carbocycles. The van der Waals surface area contributed by atoms with E-state index in [1.165, 1.54) is 24.4 Å². The lowest BCUT2D eigenvalue weighted by molar-refractivity contribution is -0.286. The summed E-state index contributed by atoms with van der Waals surface area (Å²) in [4.78, 5) is 18.1. The van der Waals surface area contributed by atoms with Crippen LogP contribution in [0.3, 0.4) is 0 Å². The Labute approximate surface area is 116 Å². The first-order valence-corrected chi connectivity index (χ1v) is 5.65. The first-order valence-electron chi connectivity index (χ1n) is 5.65. The molecule has 0 fully saturated rings. The number of hydrogen-bond donors (Lipinski definition) is 2. The zero-order valence-electron chi connectivity index (χ0n) is 10.2. The maximum absolute atomic E-state index is 12.9. The highest BCUT2D eigenvalue weighted by Crippen LogP contribution is 2.42. The average Bonchev–Trinajstić information content (AvgIpc) is 2.72. The van der Waals surface area contributed by atoms with Gasteiger partial charge in [0.15, 0.2) is 17.2 Å². The molecule has 2 aromatic rings. The van der Waals surface area contributed by atoms with E-state index in [0.717, 1.165) is 6.20 Å². The molecule has 9 heteroatoms. The Kier molecular flexibility index (Phi) is 2.82. The van der Waals surface area contributed by atoms with Gasteiger partial charge in [-0.3, -0.25) is 0 Å². The van der Waals surface area contributed by atoms with Gasteiger partial charge in [0.05, 0.1) is 12.4 Å². The molecule has 1 aromatic heterocycles. The number of benzene rings is 1. The van der Waals surface area contributed by atoms with Crippen molar-refractivity contribution in [2.75, 3.05) is 5.32 Å². The molecule has 0 saturated heterocycles. The highest BCUT2D eigenvalue weighted by Gasteiger charge is 2.43. The summed E-state index contributed by atoms with van der Waals surface area (Å²) >= 11 is 0. The number of alkyl halides is 2. The number of anilines is 2. The quantitative estimate of drug-likeness (QED) is 0.896. The molecule has 0 amide bonds. The van der Waals surface area contributed by atoms with Gasteiger partial charge in [0.25, 0.3) is 0 Å². The topological polar surface area (TPSA) is 93.6 Å². The van der Waals surface area contributed by atoms with Crippen LogP contribution in [0.5, 0.6) is 11.5 Å². The first-order chi connectivity index (χ1) is 9.93. The predicted octanol–water partition coefficient (Wildman–Crippen LogP) is 2.24. The molecule has 1 aliphatic heterocycles. The van der Waals surface area contributed by atoms with E-state index in [4.69, 9.17) is 5.11 Å². The third kappa shape index (κ3) is 2.66. The number of nitrogens with one attached hydrogen (secondary N) is 1. The number of rotatable bonds is 3. The molecule has 0 atom stereocenters. The minimum Gasteiger partial charge on any atom is -0.476 e. The number of ether oxygens (including phenoxy) is 2. The number of fused-ring (bicyclic) bond motifs is 1. The van der Waals surface area contributed by atoms with Crippen LogP contribution < -0.4 is 14.8 Å². The maximum atomic E-state index is 12.9. The lowest BCUT2D eigenvalue weighted by Crippen LogP contribution is -2.25. The van der Waals surface area contributed by atoms with Gasteiger partial charge in [0.2, 0.25) is 0 Å². The van der Waals surface area contributed by atoms with E-state index in [1.54, 1.807) is 0 Å². The second-order valence-electron chi connectivity index (χ2n) is 4.05. The van der Waals surface area contributed by atoms with Crippen molar-refractivity contribution in [1.82, 2.24) is 9.97 Å². The van der Waals surface area contributed by atoms with Crippen LogP contribution in [0, 0.1) is 0 Å². The van der Waals surface area contributed by atoms with Crippen molar-refractivity contribution >= 4 is 17.5 Å². The summed E-state index contributed by atoms with van der Waals surface area (Å²) in [6.07, 6.45) is -1.39. The van der Waals surface area contributed by atoms with Crippen LogP contribution in [0.15, 0.2) is 30.6 Å². The summed E-state index contributed by atoms with van der Waals surface area (Å²) < 4.78 is 34.3. The Morgan fingerprint density at radius 2 is 1.95 bits per heavy atom. The minimum absolute atomic E-state index is 0.0714. The lowest BCUT2D eigenvalue weighted by Gasteiger charge is -2.06.